The van der Waals surface area contributed by atoms with Crippen molar-refractivity contribution in [2.75, 3.05) is 13.7 Å². The summed E-state index contributed by atoms with van der Waals surface area (Å²) in [5.41, 5.74) is -0.492. The van der Waals surface area contributed by atoms with E-state index in [9.17, 15) is 18.0 Å². The van der Waals surface area contributed by atoms with Gasteiger partial charge in [-0.2, -0.15) is 0 Å². The number of halogens is 4. The number of hydrogen-bond acceptors (Lipinski definition) is 5. The zero-order valence-electron chi connectivity index (χ0n) is 9.88. The van der Waals surface area contributed by atoms with Crippen LogP contribution in [0.25, 0.3) is 0 Å². The number of ether oxygens (including phenoxy) is 3. The third-order valence-corrected chi connectivity index (χ3v) is 2.62. The molecule has 0 saturated heterocycles. The molecule has 0 aliphatic carbocycles. The standard InChI is InChI=1S/C10H9F3INO4/c1-3-18-9(16)6-7(17-2)5(14)4-15-8(6)19-10(11,12)13/h4H,3H2,1-2H3. The van der Waals surface area contributed by atoms with E-state index in [0.717, 1.165) is 6.20 Å². The van der Waals surface area contributed by atoms with Crippen LogP contribution in [0.4, 0.5) is 13.2 Å². The Morgan fingerprint density at radius 1 is 1.47 bits per heavy atom. The molecule has 0 fully saturated rings. The zero-order valence-corrected chi connectivity index (χ0v) is 12.0. The van der Waals surface area contributed by atoms with Gasteiger partial charge in [-0.05, 0) is 29.5 Å². The Morgan fingerprint density at radius 3 is 2.58 bits per heavy atom. The Labute approximate surface area is 120 Å². The van der Waals surface area contributed by atoms with Gasteiger partial charge in [0.25, 0.3) is 0 Å². The molecule has 0 atom stereocenters. The van der Waals surface area contributed by atoms with E-state index in [-0.39, 0.29) is 12.4 Å². The minimum Gasteiger partial charge on any atom is -0.494 e. The molecule has 9 heteroatoms. The van der Waals surface area contributed by atoms with E-state index in [2.05, 4.69) is 14.5 Å². The molecule has 0 aliphatic rings. The van der Waals surface area contributed by atoms with Crippen LogP contribution in [0.3, 0.4) is 0 Å². The molecule has 5 nitrogen and oxygen atoms in total. The number of pyridine rings is 1. The fraction of sp³-hybridized carbons (Fsp3) is 0.400. The highest BCUT2D eigenvalue weighted by Crippen LogP contribution is 2.34. The average molecular weight is 391 g/mol. The average Bonchev–Trinajstić information content (AvgIpc) is 2.29. The van der Waals surface area contributed by atoms with Gasteiger partial charge < -0.3 is 14.2 Å². The Kier molecular flexibility index (Phi) is 5.20. The Hall–Kier alpha value is -1.26. The summed E-state index contributed by atoms with van der Waals surface area (Å²) in [6.07, 6.45) is -3.87. The van der Waals surface area contributed by atoms with Crippen molar-refractivity contribution in [2.45, 2.75) is 13.3 Å². The molecule has 0 aromatic carbocycles. The Balaban J connectivity index is 3.34. The van der Waals surface area contributed by atoms with E-state index >= 15 is 0 Å². The molecule has 106 valence electrons. The van der Waals surface area contributed by atoms with E-state index in [1.807, 2.05) is 0 Å². The quantitative estimate of drug-likeness (QED) is 0.584. The van der Waals surface area contributed by atoms with Crippen LogP contribution in [0.15, 0.2) is 6.20 Å². The molecule has 19 heavy (non-hydrogen) atoms. The van der Waals surface area contributed by atoms with Gasteiger partial charge in [0.2, 0.25) is 5.88 Å². The SMILES string of the molecule is CCOC(=O)c1c(OC(F)(F)F)ncc(I)c1OC. The molecule has 0 N–H and O–H groups in total. The normalized spacial score (nSPS) is 11.1. The topological polar surface area (TPSA) is 57.7 Å². The number of methoxy groups -OCH3 is 1. The van der Waals surface area contributed by atoms with Crippen LogP contribution in [-0.2, 0) is 4.74 Å². The number of nitrogens with zero attached hydrogens (tertiary/aromatic N) is 1. The fourth-order valence-electron chi connectivity index (χ4n) is 1.22. The molecule has 0 bridgehead atoms. The summed E-state index contributed by atoms with van der Waals surface area (Å²) >= 11 is 1.77. The summed E-state index contributed by atoms with van der Waals surface area (Å²) in [5, 5.41) is 0. The first kappa shape index (κ1) is 15.8. The van der Waals surface area contributed by atoms with E-state index in [0.29, 0.717) is 3.57 Å². The largest absolute Gasteiger partial charge is 0.574 e. The number of alkyl halides is 3. The van der Waals surface area contributed by atoms with Gasteiger partial charge in [-0.3, -0.25) is 0 Å². The summed E-state index contributed by atoms with van der Waals surface area (Å²) in [5.74, 6) is -1.97. The monoisotopic (exact) mass is 391 g/mol. The molecule has 0 radical (unpaired) electrons. The third kappa shape index (κ3) is 4.11. The van der Waals surface area contributed by atoms with Crippen LogP contribution in [0.2, 0.25) is 0 Å². The van der Waals surface area contributed by atoms with Crippen LogP contribution >= 0.6 is 22.6 Å². The van der Waals surface area contributed by atoms with Gasteiger partial charge in [0, 0.05) is 6.20 Å². The number of aromatic nitrogens is 1. The van der Waals surface area contributed by atoms with Gasteiger partial charge >= 0.3 is 12.3 Å². The van der Waals surface area contributed by atoms with Gasteiger partial charge in [-0.25, -0.2) is 9.78 Å². The van der Waals surface area contributed by atoms with Gasteiger partial charge in [-0.1, -0.05) is 0 Å². The zero-order chi connectivity index (χ0) is 14.6. The predicted octanol–water partition coefficient (Wildman–Crippen LogP) is 2.77. The van der Waals surface area contributed by atoms with E-state index in [1.165, 1.54) is 14.0 Å². The first-order valence-electron chi connectivity index (χ1n) is 4.95. The Bertz CT molecular complexity index is 479. The second-order valence-electron chi connectivity index (χ2n) is 3.09. The lowest BCUT2D eigenvalue weighted by molar-refractivity contribution is -0.276. The van der Waals surface area contributed by atoms with Crippen molar-refractivity contribution in [2.24, 2.45) is 0 Å². The van der Waals surface area contributed by atoms with E-state index in [1.54, 1.807) is 22.6 Å². The van der Waals surface area contributed by atoms with Crippen LogP contribution in [0.1, 0.15) is 17.3 Å². The predicted molar refractivity (Wildman–Crippen MR) is 66.1 cm³/mol. The lowest BCUT2D eigenvalue weighted by Gasteiger charge is -2.14. The molecule has 1 heterocycles. The molecule has 0 aliphatic heterocycles. The van der Waals surface area contributed by atoms with E-state index < -0.39 is 23.8 Å². The summed E-state index contributed by atoms with van der Waals surface area (Å²) in [4.78, 5) is 15.1. The van der Waals surface area contributed by atoms with Crippen molar-refractivity contribution in [3.63, 3.8) is 0 Å². The summed E-state index contributed by atoms with van der Waals surface area (Å²) in [7, 11) is 1.22. The van der Waals surface area contributed by atoms with Crippen LogP contribution in [-0.4, -0.2) is 31.0 Å². The number of hydrogen-bond donors (Lipinski definition) is 0. The number of carbonyl (C=O) groups is 1. The molecule has 0 amide bonds. The number of esters is 1. The van der Waals surface area contributed by atoms with Crippen molar-refractivity contribution in [3.8, 4) is 11.6 Å². The molecule has 1 rings (SSSR count). The van der Waals surface area contributed by atoms with Gasteiger partial charge in [0.15, 0.2) is 11.3 Å². The molecule has 1 aromatic heterocycles. The molecule has 0 unspecified atom stereocenters. The summed E-state index contributed by atoms with van der Waals surface area (Å²) in [6.45, 7) is 1.52. The summed E-state index contributed by atoms with van der Waals surface area (Å²) in [6, 6.07) is 0. The van der Waals surface area contributed by atoms with Crippen LogP contribution < -0.4 is 9.47 Å². The highest BCUT2D eigenvalue weighted by molar-refractivity contribution is 14.1. The fourth-order valence-corrected chi connectivity index (χ4v) is 1.85. The molecule has 1 aromatic rings. The first-order chi connectivity index (χ1) is 8.80. The second-order valence-corrected chi connectivity index (χ2v) is 4.25. The van der Waals surface area contributed by atoms with Crippen molar-refractivity contribution >= 4 is 28.6 Å². The van der Waals surface area contributed by atoms with Crippen LogP contribution in [0, 0.1) is 3.57 Å². The summed E-state index contributed by atoms with van der Waals surface area (Å²) < 4.78 is 50.4. The maximum Gasteiger partial charge on any atom is 0.574 e. The second kappa shape index (κ2) is 6.26. The Morgan fingerprint density at radius 2 is 2.11 bits per heavy atom. The highest BCUT2D eigenvalue weighted by atomic mass is 127. The number of rotatable bonds is 4. The smallest absolute Gasteiger partial charge is 0.494 e. The van der Waals surface area contributed by atoms with Gasteiger partial charge in [0.1, 0.15) is 0 Å². The minimum absolute atomic E-state index is 0.00107. The molecular weight excluding hydrogens is 382 g/mol. The van der Waals surface area contributed by atoms with Crippen LogP contribution in [0.5, 0.6) is 11.6 Å². The molecule has 0 saturated carbocycles. The van der Waals surface area contributed by atoms with Gasteiger partial charge in [0.05, 0.1) is 17.3 Å². The van der Waals surface area contributed by atoms with Gasteiger partial charge in [-0.15, -0.1) is 13.2 Å². The lowest BCUT2D eigenvalue weighted by atomic mass is 10.2. The maximum absolute atomic E-state index is 12.2. The number of carbonyl (C=O) groups excluding carboxylic acids is 1. The van der Waals surface area contributed by atoms with Crippen molar-refractivity contribution < 1.29 is 32.2 Å². The van der Waals surface area contributed by atoms with E-state index in [4.69, 9.17) is 4.74 Å². The lowest BCUT2D eigenvalue weighted by Crippen LogP contribution is -2.21. The minimum atomic E-state index is -4.97. The van der Waals surface area contributed by atoms with Crippen molar-refractivity contribution in [1.82, 2.24) is 4.98 Å². The van der Waals surface area contributed by atoms with Crippen molar-refractivity contribution in [3.05, 3.63) is 15.3 Å². The first-order valence-corrected chi connectivity index (χ1v) is 6.03. The van der Waals surface area contributed by atoms with Crippen molar-refractivity contribution in [1.29, 1.82) is 0 Å². The third-order valence-electron chi connectivity index (χ3n) is 1.85. The molecule has 0 spiro atoms. The highest BCUT2D eigenvalue weighted by Gasteiger charge is 2.36. The maximum atomic E-state index is 12.2. The molecular formula is C10H9F3INO4.